The number of hydrogen-bond donors (Lipinski definition) is 1. The van der Waals surface area contributed by atoms with Crippen LogP contribution < -0.4 is 10.1 Å². The highest BCUT2D eigenvalue weighted by atomic mass is 35.5. The zero-order chi connectivity index (χ0) is 13.9. The van der Waals surface area contributed by atoms with Gasteiger partial charge in [-0.2, -0.15) is 0 Å². The van der Waals surface area contributed by atoms with Crippen molar-refractivity contribution in [3.63, 3.8) is 0 Å². The van der Waals surface area contributed by atoms with Gasteiger partial charge in [0.1, 0.15) is 5.75 Å². The van der Waals surface area contributed by atoms with Crippen LogP contribution in [0.25, 0.3) is 0 Å². The van der Waals surface area contributed by atoms with Crippen LogP contribution in [-0.2, 0) is 4.79 Å². The van der Waals surface area contributed by atoms with Crippen molar-refractivity contribution in [2.75, 3.05) is 26.2 Å². The molecule has 1 aromatic rings. The average Bonchev–Trinajstić information content (AvgIpc) is 2.48. The van der Waals surface area contributed by atoms with E-state index in [1.54, 1.807) is 0 Å². The van der Waals surface area contributed by atoms with E-state index in [2.05, 4.69) is 18.3 Å². The van der Waals surface area contributed by atoms with Crippen LogP contribution >= 0.6 is 12.4 Å². The lowest BCUT2D eigenvalue weighted by atomic mass is 9.89. The molecule has 2 heterocycles. The number of fused-ring (bicyclic) bond motifs is 1. The Morgan fingerprint density at radius 3 is 3.05 bits per heavy atom. The Morgan fingerprint density at radius 1 is 1.43 bits per heavy atom. The number of hydrogen-bond acceptors (Lipinski definition) is 3. The predicted octanol–water partition coefficient (Wildman–Crippen LogP) is 2.18. The molecule has 2 aliphatic heterocycles. The Balaban J connectivity index is 0.00000161. The molecule has 0 aromatic heterocycles. The zero-order valence-corrected chi connectivity index (χ0v) is 13.2. The van der Waals surface area contributed by atoms with Crippen molar-refractivity contribution in [1.29, 1.82) is 0 Å². The van der Waals surface area contributed by atoms with Gasteiger partial charge in [-0.25, -0.2) is 0 Å². The highest BCUT2D eigenvalue weighted by Crippen LogP contribution is 2.35. The topological polar surface area (TPSA) is 41.6 Å². The van der Waals surface area contributed by atoms with Gasteiger partial charge < -0.3 is 15.0 Å². The Labute approximate surface area is 132 Å². The van der Waals surface area contributed by atoms with Crippen LogP contribution in [0.3, 0.4) is 0 Å². The van der Waals surface area contributed by atoms with Gasteiger partial charge in [-0.15, -0.1) is 12.4 Å². The molecule has 2 atom stereocenters. The lowest BCUT2D eigenvalue weighted by molar-refractivity contribution is -0.134. The predicted molar refractivity (Wildman–Crippen MR) is 85.2 cm³/mol. The fourth-order valence-electron chi connectivity index (χ4n) is 3.17. The number of para-hydroxylation sites is 1. The van der Waals surface area contributed by atoms with Crippen molar-refractivity contribution in [3.05, 3.63) is 29.8 Å². The molecular weight excluding hydrogens is 288 g/mol. The van der Waals surface area contributed by atoms with Gasteiger partial charge in [-0.05, 0) is 30.9 Å². The van der Waals surface area contributed by atoms with E-state index < -0.39 is 0 Å². The molecule has 1 fully saturated rings. The van der Waals surface area contributed by atoms with Gasteiger partial charge in [0.15, 0.2) is 0 Å². The van der Waals surface area contributed by atoms with E-state index in [0.29, 0.717) is 25.0 Å². The van der Waals surface area contributed by atoms with Gasteiger partial charge in [-0.1, -0.05) is 18.2 Å². The molecule has 0 aliphatic carbocycles. The standard InChI is InChI=1S/C16H22N2O2.ClH/c1-12-11-17-7-8-18(12)16(19)10-13-6-9-20-15-5-3-2-4-14(13)15;/h2-5,12-13,17H,6-11H2,1H3;1H/t12-,13?;/m0./s1. The normalized spacial score (nSPS) is 24.5. The Morgan fingerprint density at radius 2 is 2.24 bits per heavy atom. The third kappa shape index (κ3) is 3.50. The van der Waals surface area contributed by atoms with Gasteiger partial charge in [0.05, 0.1) is 6.61 Å². The second-order valence-corrected chi connectivity index (χ2v) is 5.72. The van der Waals surface area contributed by atoms with Crippen LogP contribution in [0.4, 0.5) is 0 Å². The fraction of sp³-hybridized carbons (Fsp3) is 0.562. The van der Waals surface area contributed by atoms with E-state index in [9.17, 15) is 4.79 Å². The number of halogens is 1. The molecule has 5 heteroatoms. The second kappa shape index (κ2) is 7.14. The summed E-state index contributed by atoms with van der Waals surface area (Å²) in [7, 11) is 0. The fourth-order valence-corrected chi connectivity index (χ4v) is 3.17. The number of carbonyl (C=O) groups is 1. The summed E-state index contributed by atoms with van der Waals surface area (Å²) in [6, 6.07) is 8.40. The van der Waals surface area contributed by atoms with Crippen LogP contribution in [0.1, 0.15) is 31.2 Å². The minimum Gasteiger partial charge on any atom is -0.493 e. The van der Waals surface area contributed by atoms with Crippen molar-refractivity contribution in [3.8, 4) is 5.75 Å². The van der Waals surface area contributed by atoms with Crippen LogP contribution in [0.5, 0.6) is 5.75 Å². The van der Waals surface area contributed by atoms with E-state index in [1.807, 2.05) is 23.1 Å². The van der Waals surface area contributed by atoms with Crippen LogP contribution in [0.15, 0.2) is 24.3 Å². The van der Waals surface area contributed by atoms with Gasteiger partial charge in [0, 0.05) is 32.1 Å². The van der Waals surface area contributed by atoms with Crippen molar-refractivity contribution in [2.24, 2.45) is 0 Å². The van der Waals surface area contributed by atoms with E-state index in [4.69, 9.17) is 4.74 Å². The number of rotatable bonds is 2. The molecule has 1 N–H and O–H groups in total. The first-order chi connectivity index (χ1) is 9.75. The molecule has 4 nitrogen and oxygen atoms in total. The minimum absolute atomic E-state index is 0. The third-order valence-electron chi connectivity index (χ3n) is 4.33. The zero-order valence-electron chi connectivity index (χ0n) is 12.4. The van der Waals surface area contributed by atoms with Crippen molar-refractivity contribution < 1.29 is 9.53 Å². The van der Waals surface area contributed by atoms with Crippen LogP contribution in [0, 0.1) is 0 Å². The lowest BCUT2D eigenvalue weighted by Crippen LogP contribution is -2.52. The summed E-state index contributed by atoms with van der Waals surface area (Å²) in [6.45, 7) is 5.45. The monoisotopic (exact) mass is 310 g/mol. The van der Waals surface area contributed by atoms with Crippen molar-refractivity contribution in [1.82, 2.24) is 10.2 Å². The maximum atomic E-state index is 12.5. The van der Waals surface area contributed by atoms with Crippen LogP contribution in [0.2, 0.25) is 0 Å². The van der Waals surface area contributed by atoms with Crippen molar-refractivity contribution in [2.45, 2.75) is 31.7 Å². The summed E-state index contributed by atoms with van der Waals surface area (Å²) in [5.74, 6) is 1.53. The number of nitrogens with one attached hydrogen (secondary N) is 1. The van der Waals surface area contributed by atoms with Crippen molar-refractivity contribution >= 4 is 18.3 Å². The number of ether oxygens (including phenoxy) is 1. The number of nitrogens with zero attached hydrogens (tertiary/aromatic N) is 1. The molecular formula is C16H23ClN2O2. The summed E-state index contributed by atoms with van der Waals surface area (Å²) in [4.78, 5) is 14.6. The first-order valence-electron chi connectivity index (χ1n) is 7.47. The molecule has 0 bridgehead atoms. The quantitative estimate of drug-likeness (QED) is 0.910. The first-order valence-corrected chi connectivity index (χ1v) is 7.47. The molecule has 116 valence electrons. The molecule has 0 saturated carbocycles. The largest absolute Gasteiger partial charge is 0.493 e. The average molecular weight is 311 g/mol. The summed E-state index contributed by atoms with van der Waals surface area (Å²) >= 11 is 0. The number of benzene rings is 1. The third-order valence-corrected chi connectivity index (χ3v) is 4.33. The second-order valence-electron chi connectivity index (χ2n) is 5.72. The molecule has 1 unspecified atom stereocenters. The molecule has 3 rings (SSSR count). The molecule has 0 spiro atoms. The van der Waals surface area contributed by atoms with E-state index in [0.717, 1.165) is 31.8 Å². The van der Waals surface area contributed by atoms with E-state index in [-0.39, 0.29) is 18.3 Å². The number of piperazine rings is 1. The molecule has 1 aromatic carbocycles. The molecule has 1 saturated heterocycles. The molecule has 2 aliphatic rings. The Hall–Kier alpha value is -1.26. The summed E-state index contributed by atoms with van der Waals surface area (Å²) < 4.78 is 5.67. The smallest absolute Gasteiger partial charge is 0.223 e. The molecule has 21 heavy (non-hydrogen) atoms. The number of amides is 1. The summed E-state index contributed by atoms with van der Waals surface area (Å²) in [6.07, 6.45) is 1.54. The molecule has 0 radical (unpaired) electrons. The van der Waals surface area contributed by atoms with Gasteiger partial charge in [0.2, 0.25) is 5.91 Å². The Bertz CT molecular complexity index is 495. The van der Waals surface area contributed by atoms with E-state index >= 15 is 0 Å². The minimum atomic E-state index is 0. The van der Waals surface area contributed by atoms with Gasteiger partial charge in [0.25, 0.3) is 0 Å². The Kier molecular flexibility index (Phi) is 5.48. The van der Waals surface area contributed by atoms with Crippen LogP contribution in [-0.4, -0.2) is 43.1 Å². The molecule has 1 amide bonds. The number of carbonyl (C=O) groups excluding carboxylic acids is 1. The lowest BCUT2D eigenvalue weighted by Gasteiger charge is -2.35. The maximum absolute atomic E-state index is 12.5. The first kappa shape index (κ1) is 16.1. The highest BCUT2D eigenvalue weighted by molar-refractivity contribution is 5.85. The van der Waals surface area contributed by atoms with E-state index in [1.165, 1.54) is 5.56 Å². The highest BCUT2D eigenvalue weighted by Gasteiger charge is 2.28. The maximum Gasteiger partial charge on any atom is 0.223 e. The summed E-state index contributed by atoms with van der Waals surface area (Å²) in [5.41, 5.74) is 1.19. The summed E-state index contributed by atoms with van der Waals surface area (Å²) in [5, 5.41) is 3.32. The SMILES string of the molecule is C[C@H]1CNCCN1C(=O)CC1CCOc2ccccc21.Cl. The van der Waals surface area contributed by atoms with Gasteiger partial charge >= 0.3 is 0 Å². The van der Waals surface area contributed by atoms with Gasteiger partial charge in [-0.3, -0.25) is 4.79 Å².